The van der Waals surface area contributed by atoms with Crippen molar-refractivity contribution >= 4 is 11.6 Å². The van der Waals surface area contributed by atoms with Crippen molar-refractivity contribution in [2.45, 2.75) is 18.8 Å². The van der Waals surface area contributed by atoms with Gasteiger partial charge in [0.2, 0.25) is 0 Å². The molecule has 1 aliphatic heterocycles. The standard InChI is InChI=1S/C9H12ClN3/c10-9-8(12-5-6-13-9)7-1-3-11-4-2-7/h5-7,11H,1-4H2. The van der Waals surface area contributed by atoms with Gasteiger partial charge in [-0.05, 0) is 25.9 Å². The first-order chi connectivity index (χ1) is 6.38. The zero-order chi connectivity index (χ0) is 9.10. The molecule has 1 saturated heterocycles. The first-order valence-electron chi connectivity index (χ1n) is 4.55. The molecule has 0 amide bonds. The third-order valence-corrected chi connectivity index (χ3v) is 2.70. The van der Waals surface area contributed by atoms with E-state index in [0.29, 0.717) is 11.1 Å². The van der Waals surface area contributed by atoms with Crippen molar-refractivity contribution in [3.8, 4) is 0 Å². The van der Waals surface area contributed by atoms with Gasteiger partial charge in [0.25, 0.3) is 0 Å². The van der Waals surface area contributed by atoms with E-state index in [-0.39, 0.29) is 0 Å². The Kier molecular flexibility index (Phi) is 2.76. The number of aromatic nitrogens is 2. The van der Waals surface area contributed by atoms with E-state index in [1.54, 1.807) is 12.4 Å². The number of hydrogen-bond donors (Lipinski definition) is 1. The molecule has 0 saturated carbocycles. The minimum atomic E-state index is 0.488. The molecule has 1 fully saturated rings. The minimum absolute atomic E-state index is 0.488. The van der Waals surface area contributed by atoms with E-state index >= 15 is 0 Å². The summed E-state index contributed by atoms with van der Waals surface area (Å²) in [5, 5.41) is 3.88. The molecule has 4 heteroatoms. The van der Waals surface area contributed by atoms with E-state index in [2.05, 4.69) is 15.3 Å². The molecule has 3 nitrogen and oxygen atoms in total. The molecule has 1 N–H and O–H groups in total. The van der Waals surface area contributed by atoms with Crippen LogP contribution in [0.15, 0.2) is 12.4 Å². The number of nitrogens with one attached hydrogen (secondary N) is 1. The second-order valence-corrected chi connectivity index (χ2v) is 3.61. The van der Waals surface area contributed by atoms with Crippen LogP contribution in [-0.2, 0) is 0 Å². The van der Waals surface area contributed by atoms with Crippen LogP contribution in [0.2, 0.25) is 5.15 Å². The van der Waals surface area contributed by atoms with Gasteiger partial charge in [0, 0.05) is 18.3 Å². The zero-order valence-electron chi connectivity index (χ0n) is 7.33. The molecule has 0 aliphatic carbocycles. The van der Waals surface area contributed by atoms with Crippen molar-refractivity contribution < 1.29 is 0 Å². The Morgan fingerprint density at radius 2 is 1.92 bits per heavy atom. The van der Waals surface area contributed by atoms with Gasteiger partial charge in [-0.1, -0.05) is 11.6 Å². The van der Waals surface area contributed by atoms with Crippen molar-refractivity contribution in [1.29, 1.82) is 0 Å². The van der Waals surface area contributed by atoms with Crippen LogP contribution in [0.4, 0.5) is 0 Å². The minimum Gasteiger partial charge on any atom is -0.317 e. The topological polar surface area (TPSA) is 37.8 Å². The number of halogens is 1. The Balaban J connectivity index is 2.18. The van der Waals surface area contributed by atoms with E-state index in [1.165, 1.54) is 0 Å². The Hall–Kier alpha value is -0.670. The van der Waals surface area contributed by atoms with Crippen LogP contribution in [0.25, 0.3) is 0 Å². The SMILES string of the molecule is Clc1nccnc1C1CCNCC1. The van der Waals surface area contributed by atoms with Crippen LogP contribution in [-0.4, -0.2) is 23.1 Å². The molecule has 2 rings (SSSR count). The second-order valence-electron chi connectivity index (χ2n) is 3.26. The normalized spacial score (nSPS) is 18.8. The smallest absolute Gasteiger partial charge is 0.150 e. The highest BCUT2D eigenvalue weighted by Crippen LogP contribution is 2.27. The molecule has 0 bridgehead atoms. The van der Waals surface area contributed by atoms with Crippen molar-refractivity contribution in [2.24, 2.45) is 0 Å². The predicted octanol–water partition coefficient (Wildman–Crippen LogP) is 1.60. The van der Waals surface area contributed by atoms with Crippen LogP contribution < -0.4 is 5.32 Å². The Bertz CT molecular complexity index is 284. The largest absolute Gasteiger partial charge is 0.317 e. The van der Waals surface area contributed by atoms with Crippen molar-refractivity contribution in [2.75, 3.05) is 13.1 Å². The maximum absolute atomic E-state index is 5.96. The average molecular weight is 198 g/mol. The van der Waals surface area contributed by atoms with Gasteiger partial charge in [-0.25, -0.2) is 4.98 Å². The van der Waals surface area contributed by atoms with Crippen LogP contribution in [0.5, 0.6) is 0 Å². The number of rotatable bonds is 1. The second kappa shape index (κ2) is 4.03. The summed E-state index contributed by atoms with van der Waals surface area (Å²) in [5.74, 6) is 0.488. The summed E-state index contributed by atoms with van der Waals surface area (Å²) in [6, 6.07) is 0. The molecule has 0 radical (unpaired) electrons. The third-order valence-electron chi connectivity index (χ3n) is 2.41. The number of nitrogens with zero attached hydrogens (tertiary/aromatic N) is 2. The van der Waals surface area contributed by atoms with E-state index in [9.17, 15) is 0 Å². The lowest BCUT2D eigenvalue weighted by Crippen LogP contribution is -2.27. The van der Waals surface area contributed by atoms with Crippen LogP contribution in [0.1, 0.15) is 24.5 Å². The van der Waals surface area contributed by atoms with Crippen molar-refractivity contribution in [1.82, 2.24) is 15.3 Å². The third kappa shape index (κ3) is 1.98. The molecule has 13 heavy (non-hydrogen) atoms. The highest BCUT2D eigenvalue weighted by atomic mass is 35.5. The summed E-state index contributed by atoms with van der Waals surface area (Å²) in [6.07, 6.45) is 5.56. The van der Waals surface area contributed by atoms with Gasteiger partial charge in [0.15, 0.2) is 5.15 Å². The lowest BCUT2D eigenvalue weighted by atomic mass is 9.95. The fourth-order valence-electron chi connectivity index (χ4n) is 1.70. The lowest BCUT2D eigenvalue weighted by Gasteiger charge is -2.22. The Labute approximate surface area is 82.5 Å². The number of hydrogen-bond acceptors (Lipinski definition) is 3. The molecule has 0 spiro atoms. The summed E-state index contributed by atoms with van der Waals surface area (Å²) < 4.78 is 0. The van der Waals surface area contributed by atoms with E-state index in [4.69, 9.17) is 11.6 Å². The molecular formula is C9H12ClN3. The predicted molar refractivity (Wildman–Crippen MR) is 51.9 cm³/mol. The quantitative estimate of drug-likeness (QED) is 0.743. The lowest BCUT2D eigenvalue weighted by molar-refractivity contribution is 0.452. The van der Waals surface area contributed by atoms with E-state index < -0.39 is 0 Å². The van der Waals surface area contributed by atoms with Gasteiger partial charge in [-0.2, -0.15) is 0 Å². The first kappa shape index (κ1) is 8.91. The van der Waals surface area contributed by atoms with Gasteiger partial charge < -0.3 is 5.32 Å². The fourth-order valence-corrected chi connectivity index (χ4v) is 1.96. The van der Waals surface area contributed by atoms with Crippen LogP contribution in [0, 0.1) is 0 Å². The first-order valence-corrected chi connectivity index (χ1v) is 4.93. The van der Waals surface area contributed by atoms with Gasteiger partial charge in [0.05, 0.1) is 5.69 Å². The van der Waals surface area contributed by atoms with Gasteiger partial charge in [0.1, 0.15) is 0 Å². The van der Waals surface area contributed by atoms with Crippen molar-refractivity contribution in [3.63, 3.8) is 0 Å². The maximum Gasteiger partial charge on any atom is 0.150 e. The monoisotopic (exact) mass is 197 g/mol. The summed E-state index contributed by atoms with van der Waals surface area (Å²) in [5.41, 5.74) is 0.964. The zero-order valence-corrected chi connectivity index (χ0v) is 8.09. The molecule has 2 heterocycles. The maximum atomic E-state index is 5.96. The highest BCUT2D eigenvalue weighted by molar-refractivity contribution is 6.30. The summed E-state index contributed by atoms with van der Waals surface area (Å²) in [7, 11) is 0. The van der Waals surface area contributed by atoms with Gasteiger partial charge in [-0.15, -0.1) is 0 Å². The Morgan fingerprint density at radius 3 is 2.62 bits per heavy atom. The molecule has 1 aliphatic rings. The highest BCUT2D eigenvalue weighted by Gasteiger charge is 2.18. The van der Waals surface area contributed by atoms with Crippen LogP contribution >= 0.6 is 11.6 Å². The van der Waals surface area contributed by atoms with E-state index in [1.807, 2.05) is 0 Å². The summed E-state index contributed by atoms with van der Waals surface area (Å²) in [4.78, 5) is 8.32. The molecule has 1 aromatic rings. The summed E-state index contributed by atoms with van der Waals surface area (Å²) in [6.45, 7) is 2.11. The van der Waals surface area contributed by atoms with Gasteiger partial charge in [-0.3, -0.25) is 4.98 Å². The molecular weight excluding hydrogens is 186 g/mol. The van der Waals surface area contributed by atoms with Gasteiger partial charge >= 0.3 is 0 Å². The van der Waals surface area contributed by atoms with Crippen molar-refractivity contribution in [3.05, 3.63) is 23.2 Å². The fraction of sp³-hybridized carbons (Fsp3) is 0.556. The number of piperidine rings is 1. The molecule has 0 atom stereocenters. The van der Waals surface area contributed by atoms with E-state index in [0.717, 1.165) is 31.6 Å². The van der Waals surface area contributed by atoms with Crippen LogP contribution in [0.3, 0.4) is 0 Å². The molecule has 0 aromatic carbocycles. The molecule has 0 unspecified atom stereocenters. The summed E-state index contributed by atoms with van der Waals surface area (Å²) >= 11 is 5.96. The molecule has 1 aromatic heterocycles. The Morgan fingerprint density at radius 1 is 1.23 bits per heavy atom. The molecule has 70 valence electrons. The average Bonchev–Trinajstić information content (AvgIpc) is 2.20.